The van der Waals surface area contributed by atoms with Crippen LogP contribution in [-0.4, -0.2) is 46.8 Å². The average molecular weight is 737 g/mol. The van der Waals surface area contributed by atoms with Crippen molar-refractivity contribution in [2.45, 2.75) is 112 Å². The topological polar surface area (TPSA) is 127 Å². The number of carbonyl (C=O) groups excluding carboxylic acids is 2. The van der Waals surface area contributed by atoms with Crippen LogP contribution in [-0.2, 0) is 9.47 Å². The lowest BCUT2D eigenvalue weighted by Gasteiger charge is -2.69. The Balaban J connectivity index is 1.14. The Kier molecular flexibility index (Phi) is 9.13. The van der Waals surface area contributed by atoms with E-state index in [1.54, 1.807) is 24.3 Å². The van der Waals surface area contributed by atoms with Crippen LogP contribution in [0.3, 0.4) is 0 Å². The SMILES string of the molecule is CC12CC[C@](C)(COC(=O)c3cccc(C(=O)O)c3)CC1=C1C=CC3C4(C)CCC(OC(=O)c5cccc(C(=O)O)c5)C(C)(C)C4CCC3(C)[C@]1(C)CC2. The third-order valence-electron chi connectivity index (χ3n) is 15.7. The van der Waals surface area contributed by atoms with Gasteiger partial charge in [0.1, 0.15) is 6.10 Å². The Hall–Kier alpha value is -4.20. The molecule has 3 fully saturated rings. The number of hydrogen-bond donors (Lipinski definition) is 2. The summed E-state index contributed by atoms with van der Waals surface area (Å²) < 4.78 is 12.2. The van der Waals surface area contributed by atoms with Gasteiger partial charge in [0.25, 0.3) is 0 Å². The summed E-state index contributed by atoms with van der Waals surface area (Å²) in [5, 5.41) is 18.9. The molecule has 8 nitrogen and oxygen atoms in total. The van der Waals surface area contributed by atoms with Gasteiger partial charge in [-0.2, -0.15) is 0 Å². The summed E-state index contributed by atoms with van der Waals surface area (Å²) in [6.07, 6.45) is 13.6. The fourth-order valence-corrected chi connectivity index (χ4v) is 12.1. The number of carboxylic acid groups (broad SMARTS) is 2. The van der Waals surface area contributed by atoms with Gasteiger partial charge >= 0.3 is 23.9 Å². The number of aromatic carboxylic acids is 2. The molecule has 0 aliphatic heterocycles. The normalized spacial score (nSPS) is 36.5. The lowest BCUT2D eigenvalue weighted by Crippen LogP contribution is -2.63. The minimum Gasteiger partial charge on any atom is -0.478 e. The van der Waals surface area contributed by atoms with Gasteiger partial charge < -0.3 is 19.7 Å². The fourth-order valence-electron chi connectivity index (χ4n) is 12.1. The van der Waals surface area contributed by atoms with Gasteiger partial charge in [-0.25, -0.2) is 19.2 Å². The minimum atomic E-state index is -1.07. The van der Waals surface area contributed by atoms with E-state index in [0.29, 0.717) is 11.8 Å². The van der Waals surface area contributed by atoms with Crippen molar-refractivity contribution >= 4 is 23.9 Å². The molecule has 2 aromatic rings. The highest BCUT2D eigenvalue weighted by Crippen LogP contribution is 2.74. The summed E-state index contributed by atoms with van der Waals surface area (Å²) >= 11 is 0. The highest BCUT2D eigenvalue weighted by atomic mass is 16.5. The van der Waals surface area contributed by atoms with Gasteiger partial charge in [0.15, 0.2) is 0 Å². The van der Waals surface area contributed by atoms with E-state index in [2.05, 4.69) is 60.6 Å². The molecule has 6 unspecified atom stereocenters. The van der Waals surface area contributed by atoms with E-state index in [9.17, 15) is 29.4 Å². The van der Waals surface area contributed by atoms with E-state index in [4.69, 9.17) is 9.47 Å². The van der Waals surface area contributed by atoms with Crippen LogP contribution < -0.4 is 0 Å². The summed E-state index contributed by atoms with van der Waals surface area (Å²) in [5.41, 5.74) is 3.26. The predicted octanol–water partition coefficient (Wildman–Crippen LogP) is 10.2. The number of fused-ring (bicyclic) bond motifs is 6. The quantitative estimate of drug-likeness (QED) is 0.269. The van der Waals surface area contributed by atoms with Crippen LogP contribution in [0.15, 0.2) is 71.8 Å². The third-order valence-corrected chi connectivity index (χ3v) is 15.7. The molecule has 5 aliphatic rings. The van der Waals surface area contributed by atoms with Crippen LogP contribution in [0, 0.1) is 44.3 Å². The summed E-state index contributed by atoms with van der Waals surface area (Å²) in [6.45, 7) is 17.0. The third kappa shape index (κ3) is 5.94. The molecule has 7 rings (SSSR count). The molecule has 0 spiro atoms. The number of benzene rings is 2. The van der Waals surface area contributed by atoms with Gasteiger partial charge in [-0.3, -0.25) is 0 Å². The molecule has 54 heavy (non-hydrogen) atoms. The maximum Gasteiger partial charge on any atom is 0.338 e. The second-order valence-corrected chi connectivity index (χ2v) is 19.2. The van der Waals surface area contributed by atoms with Gasteiger partial charge in [-0.1, -0.05) is 78.3 Å². The van der Waals surface area contributed by atoms with Crippen molar-refractivity contribution in [3.63, 3.8) is 0 Å². The molecule has 0 radical (unpaired) electrons. The Morgan fingerprint density at radius 1 is 0.722 bits per heavy atom. The Morgan fingerprint density at radius 2 is 1.31 bits per heavy atom. The van der Waals surface area contributed by atoms with E-state index in [1.165, 1.54) is 35.4 Å². The first-order valence-corrected chi connectivity index (χ1v) is 19.7. The van der Waals surface area contributed by atoms with E-state index < -0.39 is 23.9 Å². The van der Waals surface area contributed by atoms with E-state index in [-0.39, 0.29) is 67.5 Å². The minimum absolute atomic E-state index is 0.00626. The molecule has 0 heterocycles. The Labute approximate surface area is 319 Å². The van der Waals surface area contributed by atoms with Crippen molar-refractivity contribution in [2.24, 2.45) is 44.3 Å². The molecule has 8 heteroatoms. The van der Waals surface area contributed by atoms with Gasteiger partial charge in [0.2, 0.25) is 0 Å². The molecule has 2 N–H and O–H groups in total. The Morgan fingerprint density at radius 3 is 1.94 bits per heavy atom. The van der Waals surface area contributed by atoms with Crippen molar-refractivity contribution in [2.75, 3.05) is 6.61 Å². The predicted molar refractivity (Wildman–Crippen MR) is 205 cm³/mol. The van der Waals surface area contributed by atoms with Crippen LogP contribution in [0.2, 0.25) is 0 Å². The molecule has 288 valence electrons. The number of allylic oxidation sites excluding steroid dienone is 4. The maximum atomic E-state index is 13.4. The summed E-state index contributed by atoms with van der Waals surface area (Å²) in [4.78, 5) is 49.5. The molecule has 0 amide bonds. The van der Waals surface area contributed by atoms with Gasteiger partial charge in [0, 0.05) is 10.8 Å². The number of rotatable bonds is 7. The second-order valence-electron chi connectivity index (χ2n) is 19.2. The maximum absolute atomic E-state index is 13.4. The van der Waals surface area contributed by atoms with Crippen molar-refractivity contribution in [3.8, 4) is 0 Å². The van der Waals surface area contributed by atoms with Crippen molar-refractivity contribution in [1.29, 1.82) is 0 Å². The molecule has 5 aliphatic carbocycles. The van der Waals surface area contributed by atoms with Gasteiger partial charge in [-0.15, -0.1) is 0 Å². The van der Waals surface area contributed by atoms with E-state index >= 15 is 0 Å². The van der Waals surface area contributed by atoms with Crippen LogP contribution in [0.25, 0.3) is 0 Å². The zero-order valence-electron chi connectivity index (χ0n) is 32.9. The lowest BCUT2D eigenvalue weighted by atomic mass is 9.35. The molecule has 0 aromatic heterocycles. The van der Waals surface area contributed by atoms with Crippen molar-refractivity contribution < 1.29 is 38.9 Å². The molecule has 3 saturated carbocycles. The van der Waals surface area contributed by atoms with E-state index in [0.717, 1.165) is 57.8 Å². The number of ether oxygens (including phenoxy) is 2. The smallest absolute Gasteiger partial charge is 0.338 e. The molecule has 0 bridgehead atoms. The number of carbonyl (C=O) groups is 4. The van der Waals surface area contributed by atoms with Crippen LogP contribution in [0.1, 0.15) is 148 Å². The first kappa shape index (κ1) is 38.1. The Bertz CT molecular complexity index is 1970. The largest absolute Gasteiger partial charge is 0.478 e. The highest BCUT2D eigenvalue weighted by Gasteiger charge is 2.67. The first-order chi connectivity index (χ1) is 25.3. The van der Waals surface area contributed by atoms with Crippen LogP contribution >= 0.6 is 0 Å². The van der Waals surface area contributed by atoms with Crippen LogP contribution in [0.4, 0.5) is 0 Å². The summed E-state index contributed by atoms with van der Waals surface area (Å²) in [5.74, 6) is -2.41. The number of hydrogen-bond acceptors (Lipinski definition) is 6. The monoisotopic (exact) mass is 736 g/mol. The second kappa shape index (κ2) is 12.9. The zero-order chi connectivity index (χ0) is 39.1. The average Bonchev–Trinajstić information content (AvgIpc) is 3.13. The van der Waals surface area contributed by atoms with Crippen LogP contribution in [0.5, 0.6) is 0 Å². The van der Waals surface area contributed by atoms with Gasteiger partial charge in [0.05, 0.1) is 28.9 Å². The first-order valence-electron chi connectivity index (χ1n) is 19.7. The summed E-state index contributed by atoms with van der Waals surface area (Å²) in [7, 11) is 0. The molecular formula is C46H56O8. The highest BCUT2D eigenvalue weighted by molar-refractivity contribution is 5.95. The molecule has 8 atom stereocenters. The number of esters is 2. The molecule has 0 saturated heterocycles. The lowest BCUT2D eigenvalue weighted by molar-refractivity contribution is -0.183. The standard InChI is InChI=1S/C46H56O8/c1-41(2)34-16-19-46(7)35(44(34,5)18-17-36(41)54-40(52)31-13-9-11-29(25-31)38(49)50)15-14-32-33-26-42(3,20-21-43(33,4)22-23-45(32,46)6)27-53-39(51)30-12-8-10-28(24-30)37(47)48/h8-15,24-25,34-36H,16-23,26-27H2,1-7H3,(H,47,48)(H,49,50)/t34?,35?,36?,42-,43?,44?,45+,46?/m0/s1. The summed E-state index contributed by atoms with van der Waals surface area (Å²) in [6, 6.07) is 12.1. The molecular weight excluding hydrogens is 680 g/mol. The van der Waals surface area contributed by atoms with Crippen molar-refractivity contribution in [3.05, 3.63) is 94.1 Å². The molecule has 2 aromatic carbocycles. The number of carboxylic acids is 2. The van der Waals surface area contributed by atoms with Crippen molar-refractivity contribution in [1.82, 2.24) is 0 Å². The van der Waals surface area contributed by atoms with E-state index in [1.807, 2.05) is 0 Å². The zero-order valence-corrected chi connectivity index (χ0v) is 32.9. The van der Waals surface area contributed by atoms with Gasteiger partial charge in [-0.05, 0) is 133 Å². The fraction of sp³-hybridized carbons (Fsp3) is 0.565.